The molecule has 0 spiro atoms. The Morgan fingerprint density at radius 1 is 1.09 bits per heavy atom. The second-order valence-corrected chi connectivity index (χ2v) is 7.44. The zero-order valence-corrected chi connectivity index (χ0v) is 17.7. The summed E-state index contributed by atoms with van der Waals surface area (Å²) in [5.74, 6) is 0.402. The Morgan fingerprint density at radius 3 is 2.66 bits per heavy atom. The fourth-order valence-electron chi connectivity index (χ4n) is 3.73. The predicted octanol–water partition coefficient (Wildman–Crippen LogP) is 3.15. The average molecular weight is 427 g/mol. The van der Waals surface area contributed by atoms with Gasteiger partial charge in [0.15, 0.2) is 0 Å². The molecule has 0 aliphatic heterocycles. The molecule has 0 saturated heterocycles. The highest BCUT2D eigenvalue weighted by Gasteiger charge is 2.21. The number of esters is 1. The van der Waals surface area contributed by atoms with Crippen LogP contribution in [0.25, 0.3) is 28.3 Å². The summed E-state index contributed by atoms with van der Waals surface area (Å²) in [4.78, 5) is 21.4. The van der Waals surface area contributed by atoms with E-state index in [1.807, 2.05) is 66.4 Å². The van der Waals surface area contributed by atoms with Crippen molar-refractivity contribution in [2.24, 2.45) is 7.05 Å². The molecule has 4 aromatic heterocycles. The molecule has 0 fully saturated rings. The van der Waals surface area contributed by atoms with Crippen molar-refractivity contribution in [2.45, 2.75) is 12.5 Å². The van der Waals surface area contributed by atoms with Crippen LogP contribution in [-0.2, 0) is 16.6 Å². The minimum absolute atomic E-state index is 0.172. The lowest BCUT2D eigenvalue weighted by atomic mass is 10.0. The molecule has 1 unspecified atom stereocenters. The zero-order chi connectivity index (χ0) is 22.1. The van der Waals surface area contributed by atoms with E-state index in [1.54, 1.807) is 28.0 Å². The first-order chi connectivity index (χ1) is 15.6. The molecule has 0 aliphatic rings. The zero-order valence-electron chi connectivity index (χ0n) is 17.7. The molecule has 1 atom stereocenters. The van der Waals surface area contributed by atoms with Gasteiger partial charge in [-0.3, -0.25) is 18.6 Å². The number of carbonyl (C=O) groups excluding carboxylic acids is 1. The Kier molecular flexibility index (Phi) is 4.98. The molecule has 5 rings (SSSR count). The smallest absolute Gasteiger partial charge is 0.308 e. The van der Waals surface area contributed by atoms with E-state index < -0.39 is 0 Å². The van der Waals surface area contributed by atoms with Gasteiger partial charge in [0.25, 0.3) is 0 Å². The molecule has 0 N–H and O–H groups in total. The van der Waals surface area contributed by atoms with Crippen molar-refractivity contribution in [1.82, 2.24) is 33.9 Å². The number of hydrogen-bond acceptors (Lipinski definition) is 6. The highest BCUT2D eigenvalue weighted by molar-refractivity contribution is 5.71. The van der Waals surface area contributed by atoms with E-state index in [9.17, 15) is 4.79 Å². The van der Waals surface area contributed by atoms with E-state index in [1.165, 1.54) is 7.11 Å². The third-order valence-electron chi connectivity index (χ3n) is 5.34. The van der Waals surface area contributed by atoms with Crippen molar-refractivity contribution in [1.29, 1.82) is 0 Å². The Labute approximate surface area is 183 Å². The van der Waals surface area contributed by atoms with Crippen LogP contribution in [0.3, 0.4) is 0 Å². The van der Waals surface area contributed by atoms with Gasteiger partial charge >= 0.3 is 5.97 Å². The maximum atomic E-state index is 12.1. The molecule has 0 radical (unpaired) electrons. The molecule has 32 heavy (non-hydrogen) atoms. The van der Waals surface area contributed by atoms with E-state index in [0.29, 0.717) is 5.82 Å². The molecule has 1 aromatic carbocycles. The number of ether oxygens (including phenoxy) is 1. The van der Waals surface area contributed by atoms with Gasteiger partial charge in [0.1, 0.15) is 11.5 Å². The normalized spacial score (nSPS) is 12.2. The number of methoxy groups -OCH3 is 1. The Morgan fingerprint density at radius 2 is 1.91 bits per heavy atom. The third kappa shape index (κ3) is 3.64. The Bertz CT molecular complexity index is 1380. The summed E-state index contributed by atoms with van der Waals surface area (Å²) >= 11 is 0. The lowest BCUT2D eigenvalue weighted by Crippen LogP contribution is -2.16. The summed E-state index contributed by atoms with van der Waals surface area (Å²) in [6.07, 6.45) is 11.1. The molecule has 160 valence electrons. The van der Waals surface area contributed by atoms with E-state index in [-0.39, 0.29) is 18.4 Å². The molecule has 0 aliphatic carbocycles. The summed E-state index contributed by atoms with van der Waals surface area (Å²) in [6.45, 7) is 0. The van der Waals surface area contributed by atoms with Crippen LogP contribution < -0.4 is 0 Å². The van der Waals surface area contributed by atoms with Crippen molar-refractivity contribution < 1.29 is 9.53 Å². The standard InChI is InChI=1S/C23H21N7O2/c1-28-14-17(12-25-28)19-10-21-24-8-9-29(21)23(27-19)18-13-26-30(15-18)20(11-22(31)32-2)16-6-4-3-5-7-16/h3-10,12-15,20H,11H2,1-2H3. The largest absolute Gasteiger partial charge is 0.469 e. The second kappa shape index (κ2) is 8.10. The van der Waals surface area contributed by atoms with Crippen molar-refractivity contribution >= 4 is 11.6 Å². The monoisotopic (exact) mass is 427 g/mol. The first-order valence-electron chi connectivity index (χ1n) is 10.1. The molecular formula is C23H21N7O2. The van der Waals surface area contributed by atoms with Crippen LogP contribution in [0.15, 0.2) is 73.6 Å². The van der Waals surface area contributed by atoms with Crippen LogP contribution in [0.5, 0.6) is 0 Å². The van der Waals surface area contributed by atoms with Gasteiger partial charge in [-0.05, 0) is 5.56 Å². The fraction of sp³-hybridized carbons (Fsp3) is 0.174. The van der Waals surface area contributed by atoms with E-state index in [0.717, 1.165) is 28.0 Å². The summed E-state index contributed by atoms with van der Waals surface area (Å²) in [5.41, 5.74) is 4.23. The minimum atomic E-state index is -0.301. The number of hydrogen-bond donors (Lipinski definition) is 0. The number of rotatable bonds is 6. The van der Waals surface area contributed by atoms with Crippen LogP contribution in [0.2, 0.25) is 0 Å². The summed E-state index contributed by atoms with van der Waals surface area (Å²) < 4.78 is 10.4. The second-order valence-electron chi connectivity index (χ2n) is 7.44. The van der Waals surface area contributed by atoms with E-state index in [4.69, 9.17) is 9.72 Å². The third-order valence-corrected chi connectivity index (χ3v) is 5.34. The molecular weight excluding hydrogens is 406 g/mol. The number of benzene rings is 1. The first-order valence-corrected chi connectivity index (χ1v) is 10.1. The topological polar surface area (TPSA) is 92.1 Å². The van der Waals surface area contributed by atoms with Crippen molar-refractivity contribution in [3.63, 3.8) is 0 Å². The number of nitrogens with zero attached hydrogens (tertiary/aromatic N) is 7. The maximum Gasteiger partial charge on any atom is 0.308 e. The van der Waals surface area contributed by atoms with Crippen molar-refractivity contribution in [2.75, 3.05) is 7.11 Å². The molecule has 0 amide bonds. The highest BCUT2D eigenvalue weighted by atomic mass is 16.5. The minimum Gasteiger partial charge on any atom is -0.469 e. The number of fused-ring (bicyclic) bond motifs is 1. The lowest BCUT2D eigenvalue weighted by Gasteiger charge is -2.17. The number of aryl methyl sites for hydroxylation is 1. The van der Waals surface area contributed by atoms with Gasteiger partial charge in [-0.1, -0.05) is 30.3 Å². The Balaban J connectivity index is 1.59. The molecule has 4 heterocycles. The van der Waals surface area contributed by atoms with Crippen LogP contribution >= 0.6 is 0 Å². The SMILES string of the molecule is COC(=O)CC(c1ccccc1)n1cc(-c2nc(-c3cnn(C)c3)cc3nccn23)cn1. The lowest BCUT2D eigenvalue weighted by molar-refractivity contribution is -0.141. The first kappa shape index (κ1) is 19.7. The molecule has 0 bridgehead atoms. The quantitative estimate of drug-likeness (QED) is 0.387. The van der Waals surface area contributed by atoms with Crippen LogP contribution in [0.1, 0.15) is 18.0 Å². The highest BCUT2D eigenvalue weighted by Crippen LogP contribution is 2.27. The number of imidazole rings is 1. The van der Waals surface area contributed by atoms with Gasteiger partial charge in [-0.2, -0.15) is 10.2 Å². The van der Waals surface area contributed by atoms with Crippen LogP contribution in [-0.4, -0.2) is 47.0 Å². The maximum absolute atomic E-state index is 12.1. The predicted molar refractivity (Wildman–Crippen MR) is 118 cm³/mol. The average Bonchev–Trinajstić information content (AvgIpc) is 3.57. The molecule has 9 heteroatoms. The van der Waals surface area contributed by atoms with Crippen molar-refractivity contribution in [3.8, 4) is 22.6 Å². The summed E-state index contributed by atoms with van der Waals surface area (Å²) in [5, 5.41) is 8.82. The van der Waals surface area contributed by atoms with Gasteiger partial charge in [-0.25, -0.2) is 9.97 Å². The molecule has 5 aromatic rings. The molecule has 9 nitrogen and oxygen atoms in total. The number of carbonyl (C=O) groups is 1. The van der Waals surface area contributed by atoms with Gasteiger partial charge in [0, 0.05) is 43.5 Å². The summed E-state index contributed by atoms with van der Waals surface area (Å²) in [6, 6.07) is 11.4. The van der Waals surface area contributed by atoms with Gasteiger partial charge in [0.2, 0.25) is 0 Å². The van der Waals surface area contributed by atoms with E-state index >= 15 is 0 Å². The fourth-order valence-corrected chi connectivity index (χ4v) is 3.73. The van der Waals surface area contributed by atoms with Crippen molar-refractivity contribution in [3.05, 3.63) is 79.1 Å². The van der Waals surface area contributed by atoms with E-state index in [2.05, 4.69) is 15.2 Å². The number of aromatic nitrogens is 7. The van der Waals surface area contributed by atoms with Crippen LogP contribution in [0.4, 0.5) is 0 Å². The van der Waals surface area contributed by atoms with Gasteiger partial charge in [0.05, 0.1) is 43.2 Å². The van der Waals surface area contributed by atoms with Crippen LogP contribution in [0, 0.1) is 0 Å². The van der Waals surface area contributed by atoms with Gasteiger partial charge < -0.3 is 4.74 Å². The summed E-state index contributed by atoms with van der Waals surface area (Å²) in [7, 11) is 3.26. The Hall–Kier alpha value is -4.27. The van der Waals surface area contributed by atoms with Gasteiger partial charge in [-0.15, -0.1) is 0 Å². The molecule has 0 saturated carbocycles.